The molecule has 1 rings (SSSR count). The Morgan fingerprint density at radius 1 is 1.00 bits per heavy atom. The van der Waals surface area contributed by atoms with E-state index in [0.29, 0.717) is 12.3 Å². The summed E-state index contributed by atoms with van der Waals surface area (Å²) in [5.41, 5.74) is 9.24. The summed E-state index contributed by atoms with van der Waals surface area (Å²) >= 11 is 0. The number of unbranched alkanes of at least 4 members (excludes halogenated alkanes) is 4. The van der Waals surface area contributed by atoms with Gasteiger partial charge in [-0.1, -0.05) is 59.4 Å². The van der Waals surface area contributed by atoms with Gasteiger partial charge in [0.15, 0.2) is 0 Å². The molecule has 0 heterocycles. The number of phenolic OH excluding ortho intramolecular Hbond substituents is 1. The van der Waals surface area contributed by atoms with Crippen molar-refractivity contribution in [2.24, 2.45) is 5.73 Å². The number of rotatable bonds is 7. The highest BCUT2D eigenvalue weighted by Crippen LogP contribution is 2.32. The van der Waals surface area contributed by atoms with Crippen molar-refractivity contribution in [1.29, 1.82) is 0 Å². The van der Waals surface area contributed by atoms with Crippen LogP contribution >= 0.6 is 0 Å². The van der Waals surface area contributed by atoms with Gasteiger partial charge < -0.3 is 10.8 Å². The molecule has 0 aromatic heterocycles. The minimum Gasteiger partial charge on any atom is -0.508 e. The van der Waals surface area contributed by atoms with Crippen LogP contribution in [0.15, 0.2) is 12.1 Å². The first-order valence-corrected chi connectivity index (χ1v) is 7.95. The first-order valence-electron chi connectivity index (χ1n) is 7.95. The number of phenols is 1. The van der Waals surface area contributed by atoms with E-state index in [1.165, 1.54) is 43.2 Å². The van der Waals surface area contributed by atoms with Crippen LogP contribution < -0.4 is 5.73 Å². The fourth-order valence-corrected chi connectivity index (χ4v) is 2.67. The van der Waals surface area contributed by atoms with Gasteiger partial charge in [0.2, 0.25) is 0 Å². The number of hydrogen-bond acceptors (Lipinski definition) is 2. The second-order valence-corrected chi connectivity index (χ2v) is 6.76. The number of aryl methyl sites for hydroxylation is 1. The maximum Gasteiger partial charge on any atom is 0.120 e. The van der Waals surface area contributed by atoms with Crippen molar-refractivity contribution < 1.29 is 5.11 Å². The van der Waals surface area contributed by atoms with Crippen LogP contribution in [0.2, 0.25) is 0 Å². The van der Waals surface area contributed by atoms with Gasteiger partial charge >= 0.3 is 0 Å². The SMILES string of the molecule is CCCCCCCc1cc(CN)c(O)cc1C(C)(C)C. The Hall–Kier alpha value is -1.02. The lowest BCUT2D eigenvalue weighted by Gasteiger charge is -2.24. The maximum atomic E-state index is 10.0. The third-order valence-electron chi connectivity index (χ3n) is 3.88. The van der Waals surface area contributed by atoms with E-state index in [4.69, 9.17) is 5.73 Å². The normalized spacial score (nSPS) is 11.8. The molecule has 0 spiro atoms. The molecule has 2 nitrogen and oxygen atoms in total. The van der Waals surface area contributed by atoms with Crippen molar-refractivity contribution in [3.05, 3.63) is 28.8 Å². The molecule has 0 fully saturated rings. The quantitative estimate of drug-likeness (QED) is 0.712. The van der Waals surface area contributed by atoms with Crippen LogP contribution in [0.25, 0.3) is 0 Å². The van der Waals surface area contributed by atoms with Crippen LogP contribution in [0.1, 0.15) is 76.5 Å². The Bertz CT molecular complexity index is 418. The first kappa shape index (κ1) is 17.0. The van der Waals surface area contributed by atoms with Crippen LogP contribution in [0.5, 0.6) is 5.75 Å². The standard InChI is InChI=1S/C18H31NO/c1-5-6-7-8-9-10-14-11-15(13-19)17(20)12-16(14)18(2,3)4/h11-12,20H,5-10,13,19H2,1-4H3. The van der Waals surface area contributed by atoms with E-state index in [1.54, 1.807) is 0 Å². The lowest BCUT2D eigenvalue weighted by atomic mass is 9.81. The highest BCUT2D eigenvalue weighted by molar-refractivity contribution is 5.44. The Morgan fingerprint density at radius 2 is 1.65 bits per heavy atom. The van der Waals surface area contributed by atoms with Gasteiger partial charge in [0.25, 0.3) is 0 Å². The zero-order valence-electron chi connectivity index (χ0n) is 13.6. The maximum absolute atomic E-state index is 10.0. The van der Waals surface area contributed by atoms with Gasteiger partial charge in [-0.15, -0.1) is 0 Å². The minimum atomic E-state index is 0.0589. The fraction of sp³-hybridized carbons (Fsp3) is 0.667. The van der Waals surface area contributed by atoms with Crippen LogP contribution in [-0.2, 0) is 18.4 Å². The van der Waals surface area contributed by atoms with E-state index in [1.807, 2.05) is 6.07 Å². The van der Waals surface area contributed by atoms with E-state index < -0.39 is 0 Å². The molecule has 0 aliphatic rings. The van der Waals surface area contributed by atoms with E-state index >= 15 is 0 Å². The van der Waals surface area contributed by atoms with Gasteiger partial charge in [-0.25, -0.2) is 0 Å². The van der Waals surface area contributed by atoms with E-state index in [2.05, 4.69) is 33.8 Å². The average Bonchev–Trinajstić information content (AvgIpc) is 2.38. The Kier molecular flexibility index (Phi) is 6.54. The number of benzene rings is 1. The number of hydrogen-bond donors (Lipinski definition) is 2. The van der Waals surface area contributed by atoms with E-state index in [-0.39, 0.29) is 5.41 Å². The molecular formula is C18H31NO. The third-order valence-corrected chi connectivity index (χ3v) is 3.88. The number of aromatic hydroxyl groups is 1. The predicted molar refractivity (Wildman–Crippen MR) is 87.2 cm³/mol. The minimum absolute atomic E-state index is 0.0589. The van der Waals surface area contributed by atoms with E-state index in [0.717, 1.165) is 12.0 Å². The zero-order valence-corrected chi connectivity index (χ0v) is 13.6. The van der Waals surface area contributed by atoms with Gasteiger partial charge in [-0.3, -0.25) is 0 Å². The van der Waals surface area contributed by atoms with Crippen molar-refractivity contribution in [3.63, 3.8) is 0 Å². The van der Waals surface area contributed by atoms with Crippen LogP contribution in [0.3, 0.4) is 0 Å². The molecule has 2 heteroatoms. The molecular weight excluding hydrogens is 246 g/mol. The van der Waals surface area contributed by atoms with Crippen molar-refractivity contribution in [1.82, 2.24) is 0 Å². The molecule has 1 aromatic rings. The summed E-state index contributed by atoms with van der Waals surface area (Å²) in [4.78, 5) is 0. The summed E-state index contributed by atoms with van der Waals surface area (Å²) in [5.74, 6) is 0.340. The van der Waals surface area contributed by atoms with Crippen molar-refractivity contribution in [2.45, 2.75) is 78.2 Å². The fourth-order valence-electron chi connectivity index (χ4n) is 2.67. The molecule has 0 bridgehead atoms. The summed E-state index contributed by atoms with van der Waals surface area (Å²) < 4.78 is 0. The van der Waals surface area contributed by atoms with Gasteiger partial charge in [0, 0.05) is 12.1 Å². The topological polar surface area (TPSA) is 46.2 Å². The largest absolute Gasteiger partial charge is 0.508 e. The molecule has 3 N–H and O–H groups in total. The monoisotopic (exact) mass is 277 g/mol. The van der Waals surface area contributed by atoms with Crippen molar-refractivity contribution >= 4 is 0 Å². The van der Waals surface area contributed by atoms with Crippen molar-refractivity contribution in [3.8, 4) is 5.75 Å². The third kappa shape index (κ3) is 4.82. The highest BCUT2D eigenvalue weighted by atomic mass is 16.3. The van der Waals surface area contributed by atoms with Crippen molar-refractivity contribution in [2.75, 3.05) is 0 Å². The summed E-state index contributed by atoms with van der Waals surface area (Å²) in [6, 6.07) is 4.03. The number of nitrogens with two attached hydrogens (primary N) is 1. The summed E-state index contributed by atoms with van der Waals surface area (Å²) in [7, 11) is 0. The smallest absolute Gasteiger partial charge is 0.120 e. The van der Waals surface area contributed by atoms with Gasteiger partial charge in [0.05, 0.1) is 0 Å². The summed E-state index contributed by atoms with van der Waals surface area (Å²) in [6.07, 6.45) is 7.53. The molecule has 0 amide bonds. The molecule has 0 aliphatic carbocycles. The van der Waals surface area contributed by atoms with Gasteiger partial charge in [-0.05, 0) is 35.4 Å². The van der Waals surface area contributed by atoms with Crippen LogP contribution in [0, 0.1) is 0 Å². The molecule has 20 heavy (non-hydrogen) atoms. The van der Waals surface area contributed by atoms with Crippen LogP contribution in [-0.4, -0.2) is 5.11 Å². The molecule has 0 radical (unpaired) electrons. The predicted octanol–water partition coefficient (Wildman–Crippen LogP) is 4.66. The molecule has 1 aromatic carbocycles. The second-order valence-electron chi connectivity index (χ2n) is 6.76. The molecule has 0 atom stereocenters. The molecule has 0 unspecified atom stereocenters. The average molecular weight is 277 g/mol. The molecule has 0 aliphatic heterocycles. The molecule has 0 saturated heterocycles. The molecule has 0 saturated carbocycles. The second kappa shape index (κ2) is 7.68. The lowest BCUT2D eigenvalue weighted by Crippen LogP contribution is -2.15. The van der Waals surface area contributed by atoms with Crippen LogP contribution in [0.4, 0.5) is 0 Å². The molecule has 114 valence electrons. The lowest BCUT2D eigenvalue weighted by molar-refractivity contribution is 0.463. The van der Waals surface area contributed by atoms with E-state index in [9.17, 15) is 5.11 Å². The first-order chi connectivity index (χ1) is 9.40. The zero-order chi connectivity index (χ0) is 15.2. The summed E-state index contributed by atoms with van der Waals surface area (Å²) in [6.45, 7) is 9.24. The highest BCUT2D eigenvalue weighted by Gasteiger charge is 2.19. The van der Waals surface area contributed by atoms with Gasteiger partial charge in [-0.2, -0.15) is 0 Å². The van der Waals surface area contributed by atoms with Gasteiger partial charge in [0.1, 0.15) is 5.75 Å². The summed E-state index contributed by atoms with van der Waals surface area (Å²) in [5, 5.41) is 10.0. The Labute approximate surface area is 124 Å². The Morgan fingerprint density at radius 3 is 2.20 bits per heavy atom. The Balaban J connectivity index is 2.85.